The van der Waals surface area contributed by atoms with Gasteiger partial charge in [0.1, 0.15) is 0 Å². The zero-order valence-corrected chi connectivity index (χ0v) is 18.4. The molecule has 2 aromatic rings. The first kappa shape index (κ1) is 24.1. The quantitative estimate of drug-likeness (QED) is 0.670. The van der Waals surface area contributed by atoms with E-state index in [9.17, 15) is 26.4 Å². The number of likely N-dealkylation sites (N-methyl/N-ethyl adjacent to an activating group) is 1. The maximum absolute atomic E-state index is 13.0. The van der Waals surface area contributed by atoms with Crippen LogP contribution in [0.15, 0.2) is 47.6 Å². The van der Waals surface area contributed by atoms with Gasteiger partial charge in [0.25, 0.3) is 15.7 Å². The van der Waals surface area contributed by atoms with Gasteiger partial charge in [0.05, 0.1) is 5.56 Å². The molecule has 1 aliphatic rings. The van der Waals surface area contributed by atoms with E-state index in [2.05, 4.69) is 27.0 Å². The second-order valence-electron chi connectivity index (χ2n) is 7.47. The Labute approximate surface area is 185 Å². The second-order valence-corrected chi connectivity index (χ2v) is 9.32. The van der Waals surface area contributed by atoms with Crippen molar-refractivity contribution in [2.45, 2.75) is 30.5 Å². The molecule has 0 spiro atoms. The fourth-order valence-electron chi connectivity index (χ4n) is 3.55. The highest BCUT2D eigenvalue weighted by molar-refractivity contribution is 7.92. The third kappa shape index (κ3) is 5.45. The average Bonchev–Trinajstić information content (AvgIpc) is 2.78. The summed E-state index contributed by atoms with van der Waals surface area (Å²) in [5.74, 6) is -0.938. The van der Waals surface area contributed by atoms with Gasteiger partial charge >= 0.3 is 5.51 Å². The lowest BCUT2D eigenvalue weighted by molar-refractivity contribution is -0.0438. The average molecular weight is 471 g/mol. The Kier molecular flexibility index (Phi) is 7.52. The molecule has 32 heavy (non-hydrogen) atoms. The first-order valence-corrected chi connectivity index (χ1v) is 11.7. The Bertz CT molecular complexity index is 1050. The molecule has 0 aliphatic carbocycles. The number of hydrogen-bond donors (Lipinski definition) is 1. The highest BCUT2D eigenvalue weighted by Crippen LogP contribution is 2.30. The van der Waals surface area contributed by atoms with Gasteiger partial charge in [0.2, 0.25) is 0 Å². The van der Waals surface area contributed by atoms with Crippen molar-refractivity contribution in [1.82, 2.24) is 20.1 Å². The molecule has 1 fully saturated rings. The van der Waals surface area contributed by atoms with Gasteiger partial charge < -0.3 is 10.2 Å². The lowest BCUT2D eigenvalue weighted by Crippen LogP contribution is -2.45. The first-order valence-electron chi connectivity index (χ1n) is 10.2. The van der Waals surface area contributed by atoms with Gasteiger partial charge in [-0.1, -0.05) is 31.2 Å². The predicted molar refractivity (Wildman–Crippen MR) is 112 cm³/mol. The van der Waals surface area contributed by atoms with E-state index in [0.29, 0.717) is 6.54 Å². The number of hydrogen-bond acceptors (Lipinski definition) is 6. The van der Waals surface area contributed by atoms with Crippen molar-refractivity contribution in [3.05, 3.63) is 59.3 Å². The number of aromatic nitrogens is 1. The van der Waals surface area contributed by atoms with Gasteiger partial charge in [-0.25, -0.2) is 13.4 Å². The molecule has 1 aromatic carbocycles. The summed E-state index contributed by atoms with van der Waals surface area (Å²) in [6, 6.07) is 9.70. The molecule has 0 saturated carbocycles. The fourth-order valence-corrected chi connectivity index (χ4v) is 4.42. The van der Waals surface area contributed by atoms with E-state index in [4.69, 9.17) is 0 Å². The van der Waals surface area contributed by atoms with Gasteiger partial charge in [0, 0.05) is 45.5 Å². The Balaban J connectivity index is 1.72. The van der Waals surface area contributed by atoms with E-state index in [1.807, 2.05) is 24.3 Å². The Morgan fingerprint density at radius 1 is 1.03 bits per heavy atom. The zero-order chi connectivity index (χ0) is 23.4. The molecule has 0 unspecified atom stereocenters. The maximum atomic E-state index is 13.0. The van der Waals surface area contributed by atoms with E-state index < -0.39 is 31.8 Å². The van der Waals surface area contributed by atoms with Gasteiger partial charge in [0.15, 0.2) is 5.03 Å². The number of amides is 1. The van der Waals surface area contributed by atoms with Crippen LogP contribution in [-0.2, 0) is 22.9 Å². The van der Waals surface area contributed by atoms with E-state index in [1.165, 1.54) is 6.07 Å². The molecule has 1 aromatic heterocycles. The standard InChI is InChI=1S/C21H25F3N4O3S/c1-2-27-10-12-28(13-11-27)15-17-7-4-3-6-16(17)14-26-19(29)18-8-5-9-25-20(18)32(30,31)21(22,23)24/h3-9H,2,10-15H2,1H3,(H,26,29). The molecule has 3 rings (SSSR count). The van der Waals surface area contributed by atoms with E-state index in [-0.39, 0.29) is 6.54 Å². The van der Waals surface area contributed by atoms with Crippen molar-refractivity contribution in [2.24, 2.45) is 0 Å². The van der Waals surface area contributed by atoms with Crippen molar-refractivity contribution in [3.8, 4) is 0 Å². The third-order valence-electron chi connectivity index (χ3n) is 5.44. The Hall–Kier alpha value is -2.50. The fraction of sp³-hybridized carbons (Fsp3) is 0.429. The number of pyridine rings is 1. The molecule has 174 valence electrons. The number of carbonyl (C=O) groups is 1. The summed E-state index contributed by atoms with van der Waals surface area (Å²) in [5.41, 5.74) is -4.39. The lowest BCUT2D eigenvalue weighted by atomic mass is 10.1. The number of carbonyl (C=O) groups excluding carboxylic acids is 1. The van der Waals surface area contributed by atoms with Crippen LogP contribution in [0.3, 0.4) is 0 Å². The molecular formula is C21H25F3N4O3S. The summed E-state index contributed by atoms with van der Waals surface area (Å²) in [4.78, 5) is 20.6. The minimum absolute atomic E-state index is 0.0460. The largest absolute Gasteiger partial charge is 0.503 e. The molecule has 1 saturated heterocycles. The van der Waals surface area contributed by atoms with Crippen LogP contribution >= 0.6 is 0 Å². The van der Waals surface area contributed by atoms with Crippen molar-refractivity contribution in [2.75, 3.05) is 32.7 Å². The molecule has 1 amide bonds. The van der Waals surface area contributed by atoms with Crippen molar-refractivity contribution in [3.63, 3.8) is 0 Å². The lowest BCUT2D eigenvalue weighted by Gasteiger charge is -2.34. The van der Waals surface area contributed by atoms with E-state index in [0.717, 1.165) is 56.1 Å². The molecule has 0 bridgehead atoms. The van der Waals surface area contributed by atoms with Crippen LogP contribution in [0, 0.1) is 0 Å². The molecule has 11 heteroatoms. The second kappa shape index (κ2) is 9.97. The topological polar surface area (TPSA) is 82.6 Å². The minimum atomic E-state index is -5.75. The molecule has 2 heterocycles. The molecule has 0 atom stereocenters. The van der Waals surface area contributed by atoms with Crippen molar-refractivity contribution >= 4 is 15.7 Å². The van der Waals surface area contributed by atoms with Gasteiger partial charge in [-0.05, 0) is 29.8 Å². The van der Waals surface area contributed by atoms with Crippen LogP contribution in [0.1, 0.15) is 28.4 Å². The minimum Gasteiger partial charge on any atom is -0.348 e. The number of piperazine rings is 1. The number of nitrogens with one attached hydrogen (secondary N) is 1. The molecule has 7 nitrogen and oxygen atoms in total. The monoisotopic (exact) mass is 470 g/mol. The number of alkyl halides is 3. The summed E-state index contributed by atoms with van der Waals surface area (Å²) < 4.78 is 62.5. The summed E-state index contributed by atoms with van der Waals surface area (Å²) in [6.07, 6.45) is 0.906. The van der Waals surface area contributed by atoms with E-state index >= 15 is 0 Å². The SMILES string of the molecule is CCN1CCN(Cc2ccccc2CNC(=O)c2cccnc2S(=O)(=O)C(F)(F)F)CC1. The van der Waals surface area contributed by atoms with Crippen LogP contribution in [0.2, 0.25) is 0 Å². The van der Waals surface area contributed by atoms with Crippen LogP contribution < -0.4 is 5.32 Å². The maximum Gasteiger partial charge on any atom is 0.503 e. The summed E-state index contributed by atoms with van der Waals surface area (Å²) in [5, 5.41) is 1.24. The van der Waals surface area contributed by atoms with E-state index in [1.54, 1.807) is 0 Å². The van der Waals surface area contributed by atoms with Crippen LogP contribution in [0.4, 0.5) is 13.2 Å². The number of benzene rings is 1. The zero-order valence-electron chi connectivity index (χ0n) is 17.6. The van der Waals surface area contributed by atoms with Crippen molar-refractivity contribution < 1.29 is 26.4 Å². The summed E-state index contributed by atoms with van der Waals surface area (Å²) in [6.45, 7) is 7.66. The van der Waals surface area contributed by atoms with Crippen molar-refractivity contribution in [1.29, 1.82) is 0 Å². The highest BCUT2D eigenvalue weighted by atomic mass is 32.2. The summed E-state index contributed by atoms with van der Waals surface area (Å²) >= 11 is 0. The van der Waals surface area contributed by atoms with Gasteiger partial charge in [-0.15, -0.1) is 0 Å². The third-order valence-corrected chi connectivity index (χ3v) is 6.88. The number of halogens is 3. The smallest absolute Gasteiger partial charge is 0.348 e. The van der Waals surface area contributed by atoms with Gasteiger partial charge in [-0.3, -0.25) is 9.69 Å². The molecule has 1 N–H and O–H groups in total. The normalized spacial score (nSPS) is 16.1. The van der Waals surface area contributed by atoms with Gasteiger partial charge in [-0.2, -0.15) is 13.2 Å². The molecule has 0 radical (unpaired) electrons. The first-order chi connectivity index (χ1) is 15.1. The Morgan fingerprint density at radius 3 is 2.28 bits per heavy atom. The number of sulfone groups is 1. The predicted octanol–water partition coefficient (Wildman–Crippen LogP) is 2.44. The van der Waals surface area contributed by atoms with Crippen LogP contribution in [0.25, 0.3) is 0 Å². The Morgan fingerprint density at radius 2 is 1.66 bits per heavy atom. The summed E-state index contributed by atoms with van der Waals surface area (Å²) in [7, 11) is -5.75. The number of rotatable bonds is 7. The van der Waals surface area contributed by atoms with Crippen LogP contribution in [-0.4, -0.2) is 67.3 Å². The number of nitrogens with zero attached hydrogens (tertiary/aromatic N) is 3. The highest BCUT2D eigenvalue weighted by Gasteiger charge is 2.49. The molecular weight excluding hydrogens is 445 g/mol. The van der Waals surface area contributed by atoms with Crippen LogP contribution in [0.5, 0.6) is 0 Å². The molecule has 1 aliphatic heterocycles.